The van der Waals surface area contributed by atoms with Crippen molar-refractivity contribution in [2.24, 2.45) is 5.16 Å². The third-order valence-corrected chi connectivity index (χ3v) is 1.54. The van der Waals surface area contributed by atoms with E-state index in [1.165, 1.54) is 24.3 Å². The molecule has 0 heterocycles. The normalized spacial score (nSPS) is 10.3. The van der Waals surface area contributed by atoms with Crippen molar-refractivity contribution in [3.8, 4) is 0 Å². The van der Waals surface area contributed by atoms with E-state index in [0.717, 1.165) is 0 Å². The highest BCUT2D eigenvalue weighted by atomic mass is 16.6. The Morgan fingerprint density at radius 1 is 1.50 bits per heavy atom. The lowest BCUT2D eigenvalue weighted by Gasteiger charge is -1.96. The maximum absolute atomic E-state index is 11.2. The van der Waals surface area contributed by atoms with Gasteiger partial charge in [-0.2, -0.15) is 0 Å². The zero-order valence-corrected chi connectivity index (χ0v) is 6.95. The van der Waals surface area contributed by atoms with E-state index in [0.29, 0.717) is 6.21 Å². The van der Waals surface area contributed by atoms with Gasteiger partial charge in [0, 0.05) is 6.07 Å². The smallest absolute Gasteiger partial charge is 0.280 e. The van der Waals surface area contributed by atoms with Crippen LogP contribution in [0.15, 0.2) is 29.4 Å². The lowest BCUT2D eigenvalue weighted by Crippen LogP contribution is -2.04. The van der Waals surface area contributed by atoms with Crippen LogP contribution in [-0.4, -0.2) is 22.1 Å². The molecular formula is C8H6N2O4. The van der Waals surface area contributed by atoms with Crippen LogP contribution in [0.25, 0.3) is 0 Å². The molecule has 1 aromatic carbocycles. The summed E-state index contributed by atoms with van der Waals surface area (Å²) in [6.45, 7) is 0. The van der Waals surface area contributed by atoms with E-state index in [-0.39, 0.29) is 11.3 Å². The quantitative estimate of drug-likeness (QED) is 0.257. The standard InChI is InChI=1S/C8H6N2O4/c11-8(5-9-12)6-3-1-2-4-7(6)10(13)14/h1-5,12H/b9-5+. The van der Waals surface area contributed by atoms with Crippen molar-refractivity contribution in [1.82, 2.24) is 0 Å². The third kappa shape index (κ3) is 1.92. The Morgan fingerprint density at radius 2 is 2.14 bits per heavy atom. The first-order chi connectivity index (χ1) is 6.66. The first-order valence-corrected chi connectivity index (χ1v) is 3.62. The predicted molar refractivity (Wildman–Crippen MR) is 47.7 cm³/mol. The van der Waals surface area contributed by atoms with Crippen LogP contribution in [0.3, 0.4) is 0 Å². The number of nitro groups is 1. The van der Waals surface area contributed by atoms with Crippen molar-refractivity contribution in [3.63, 3.8) is 0 Å². The largest absolute Gasteiger partial charge is 0.411 e. The van der Waals surface area contributed by atoms with E-state index in [4.69, 9.17) is 5.21 Å². The number of hydrogen-bond donors (Lipinski definition) is 1. The van der Waals surface area contributed by atoms with Gasteiger partial charge in [0.15, 0.2) is 0 Å². The zero-order valence-electron chi connectivity index (χ0n) is 6.95. The minimum Gasteiger partial charge on any atom is -0.411 e. The van der Waals surface area contributed by atoms with Gasteiger partial charge >= 0.3 is 0 Å². The van der Waals surface area contributed by atoms with Gasteiger partial charge in [-0.15, -0.1) is 0 Å². The number of benzene rings is 1. The van der Waals surface area contributed by atoms with E-state index >= 15 is 0 Å². The molecule has 0 atom stereocenters. The Bertz CT molecular complexity index is 400. The highest BCUT2D eigenvalue weighted by Gasteiger charge is 2.17. The maximum Gasteiger partial charge on any atom is 0.280 e. The van der Waals surface area contributed by atoms with Crippen LogP contribution in [0.2, 0.25) is 0 Å². The number of carbonyl (C=O) groups is 1. The molecule has 72 valence electrons. The molecule has 0 aliphatic heterocycles. The summed E-state index contributed by atoms with van der Waals surface area (Å²) in [4.78, 5) is 21.0. The third-order valence-electron chi connectivity index (χ3n) is 1.54. The number of carbonyl (C=O) groups excluding carboxylic acids is 1. The number of Topliss-reactive ketones (excluding diaryl/α,β-unsaturated/α-hetero) is 1. The Balaban J connectivity index is 3.20. The summed E-state index contributed by atoms with van der Waals surface area (Å²) < 4.78 is 0. The van der Waals surface area contributed by atoms with E-state index < -0.39 is 10.7 Å². The van der Waals surface area contributed by atoms with Gasteiger partial charge in [-0.05, 0) is 6.07 Å². The molecular weight excluding hydrogens is 188 g/mol. The van der Waals surface area contributed by atoms with Gasteiger partial charge in [-0.3, -0.25) is 14.9 Å². The number of nitro benzene ring substituents is 1. The van der Waals surface area contributed by atoms with Crippen molar-refractivity contribution >= 4 is 17.7 Å². The van der Waals surface area contributed by atoms with Gasteiger partial charge < -0.3 is 5.21 Å². The van der Waals surface area contributed by atoms with Crippen LogP contribution in [0.4, 0.5) is 5.69 Å². The fourth-order valence-electron chi connectivity index (χ4n) is 0.963. The van der Waals surface area contributed by atoms with E-state index in [1.807, 2.05) is 0 Å². The molecule has 6 heteroatoms. The number of rotatable bonds is 3. The van der Waals surface area contributed by atoms with Crippen molar-refractivity contribution in [3.05, 3.63) is 39.9 Å². The number of oxime groups is 1. The van der Waals surface area contributed by atoms with Gasteiger partial charge in [0.25, 0.3) is 5.69 Å². The topological polar surface area (TPSA) is 92.8 Å². The van der Waals surface area contributed by atoms with E-state index in [1.54, 1.807) is 0 Å². The molecule has 1 aromatic rings. The van der Waals surface area contributed by atoms with E-state index in [9.17, 15) is 14.9 Å². The first-order valence-electron chi connectivity index (χ1n) is 3.62. The number of ketones is 1. The fraction of sp³-hybridized carbons (Fsp3) is 0. The molecule has 0 bridgehead atoms. The van der Waals surface area contributed by atoms with Gasteiger partial charge in [-0.25, -0.2) is 0 Å². The minimum atomic E-state index is -0.709. The summed E-state index contributed by atoms with van der Waals surface area (Å²) in [5.41, 5.74) is -0.410. The molecule has 0 fully saturated rings. The van der Waals surface area contributed by atoms with Gasteiger partial charge in [0.1, 0.15) is 11.8 Å². The van der Waals surface area contributed by atoms with Crippen LogP contribution in [0.5, 0.6) is 0 Å². The first kappa shape index (κ1) is 9.85. The average molecular weight is 194 g/mol. The molecule has 1 N–H and O–H groups in total. The minimum absolute atomic E-state index is 0.102. The van der Waals surface area contributed by atoms with Crippen molar-refractivity contribution in [2.75, 3.05) is 0 Å². The Hall–Kier alpha value is -2.24. The summed E-state index contributed by atoms with van der Waals surface area (Å²) in [6, 6.07) is 5.44. The Labute approximate surface area is 78.6 Å². The Kier molecular flexibility index (Phi) is 2.90. The van der Waals surface area contributed by atoms with Crippen LogP contribution in [-0.2, 0) is 0 Å². The van der Waals surface area contributed by atoms with Crippen molar-refractivity contribution in [1.29, 1.82) is 0 Å². The molecule has 6 nitrogen and oxygen atoms in total. The molecule has 0 unspecified atom stereocenters. The van der Waals surface area contributed by atoms with Crippen LogP contribution >= 0.6 is 0 Å². The molecule has 0 amide bonds. The highest BCUT2D eigenvalue weighted by molar-refractivity contribution is 6.36. The molecule has 14 heavy (non-hydrogen) atoms. The molecule has 0 radical (unpaired) electrons. The molecule has 0 saturated carbocycles. The van der Waals surface area contributed by atoms with Crippen LogP contribution < -0.4 is 0 Å². The summed E-state index contributed by atoms with van der Waals surface area (Å²) in [5, 5.41) is 21.1. The molecule has 0 aliphatic rings. The predicted octanol–water partition coefficient (Wildman–Crippen LogP) is 1.24. The van der Waals surface area contributed by atoms with Crippen molar-refractivity contribution < 1.29 is 14.9 Å². The monoisotopic (exact) mass is 194 g/mol. The maximum atomic E-state index is 11.2. The van der Waals surface area contributed by atoms with Gasteiger partial charge in [0.05, 0.1) is 4.92 Å². The molecule has 0 spiro atoms. The van der Waals surface area contributed by atoms with Crippen molar-refractivity contribution in [2.45, 2.75) is 0 Å². The second-order valence-corrected chi connectivity index (χ2v) is 2.38. The second-order valence-electron chi connectivity index (χ2n) is 2.38. The van der Waals surface area contributed by atoms with Gasteiger partial charge in [0.2, 0.25) is 5.78 Å². The summed E-state index contributed by atoms with van der Waals surface area (Å²) in [6.07, 6.45) is 0.613. The molecule has 0 aromatic heterocycles. The van der Waals surface area contributed by atoms with Gasteiger partial charge in [-0.1, -0.05) is 17.3 Å². The molecule has 1 rings (SSSR count). The molecule has 0 aliphatic carbocycles. The lowest BCUT2D eigenvalue weighted by atomic mass is 10.1. The number of hydrogen-bond acceptors (Lipinski definition) is 5. The average Bonchev–Trinajstić information content (AvgIpc) is 2.18. The lowest BCUT2D eigenvalue weighted by molar-refractivity contribution is -0.385. The second kappa shape index (κ2) is 4.13. The summed E-state index contributed by atoms with van der Waals surface area (Å²) in [5.74, 6) is -0.709. The highest BCUT2D eigenvalue weighted by Crippen LogP contribution is 2.17. The summed E-state index contributed by atoms with van der Waals surface area (Å²) in [7, 11) is 0. The fourth-order valence-corrected chi connectivity index (χ4v) is 0.963. The SMILES string of the molecule is O=C(/C=N/O)c1ccccc1[N+](=O)[O-]. The van der Waals surface area contributed by atoms with Crippen LogP contribution in [0, 0.1) is 10.1 Å². The Morgan fingerprint density at radius 3 is 2.71 bits per heavy atom. The zero-order chi connectivity index (χ0) is 10.6. The van der Waals surface area contributed by atoms with Crippen LogP contribution in [0.1, 0.15) is 10.4 Å². The summed E-state index contributed by atoms with van der Waals surface area (Å²) >= 11 is 0. The number of nitrogens with zero attached hydrogens (tertiary/aromatic N) is 2. The molecule has 0 saturated heterocycles. The number of para-hydroxylation sites is 1. The van der Waals surface area contributed by atoms with E-state index in [2.05, 4.69) is 5.16 Å².